The van der Waals surface area contributed by atoms with Crippen LogP contribution in [0.2, 0.25) is 5.15 Å². The Bertz CT molecular complexity index is 523. The summed E-state index contributed by atoms with van der Waals surface area (Å²) in [6, 6.07) is 3.84. The maximum atomic E-state index is 5.80. The van der Waals surface area contributed by atoms with Crippen molar-refractivity contribution in [3.05, 3.63) is 29.0 Å². The van der Waals surface area contributed by atoms with Gasteiger partial charge in [-0.3, -0.25) is 4.99 Å². The van der Waals surface area contributed by atoms with Crippen molar-refractivity contribution in [1.29, 1.82) is 0 Å². The topological polar surface area (TPSA) is 52.6 Å². The molecule has 1 saturated heterocycles. The molecule has 148 valence electrons. The summed E-state index contributed by atoms with van der Waals surface area (Å²) >= 11 is 5.80. The van der Waals surface area contributed by atoms with E-state index in [-0.39, 0.29) is 24.0 Å². The van der Waals surface area contributed by atoms with Gasteiger partial charge in [-0.1, -0.05) is 24.6 Å². The zero-order chi connectivity index (χ0) is 17.9. The number of guanidine groups is 1. The number of rotatable bonds is 8. The van der Waals surface area contributed by atoms with Gasteiger partial charge in [0, 0.05) is 32.9 Å². The van der Waals surface area contributed by atoms with Crippen molar-refractivity contribution in [1.82, 2.24) is 20.5 Å². The molecule has 1 aromatic heterocycles. The van der Waals surface area contributed by atoms with E-state index in [1.807, 2.05) is 25.4 Å². The Morgan fingerprint density at radius 3 is 2.81 bits per heavy atom. The Kier molecular flexibility index (Phi) is 12.2. The van der Waals surface area contributed by atoms with Gasteiger partial charge in [0.2, 0.25) is 0 Å². The Balaban J connectivity index is 0.00000338. The molecule has 26 heavy (non-hydrogen) atoms. The number of likely N-dealkylation sites (tertiary alicyclic amines) is 1. The number of nitrogens with zero attached hydrogens (tertiary/aromatic N) is 3. The van der Waals surface area contributed by atoms with E-state index >= 15 is 0 Å². The quantitative estimate of drug-likeness (QED) is 0.191. The number of aliphatic imine (C=N–C) groups is 1. The minimum Gasteiger partial charge on any atom is -0.356 e. The number of piperidine rings is 1. The first-order valence-corrected chi connectivity index (χ1v) is 9.82. The van der Waals surface area contributed by atoms with Gasteiger partial charge in [-0.2, -0.15) is 0 Å². The third-order valence-corrected chi connectivity index (χ3v) is 4.88. The molecule has 1 aromatic rings. The summed E-state index contributed by atoms with van der Waals surface area (Å²) in [7, 11) is 1.81. The zero-order valence-electron chi connectivity index (χ0n) is 16.0. The van der Waals surface area contributed by atoms with Gasteiger partial charge in [0.15, 0.2) is 5.96 Å². The van der Waals surface area contributed by atoms with E-state index in [9.17, 15) is 0 Å². The normalized spacial score (nSPS) is 18.3. The second-order valence-electron chi connectivity index (χ2n) is 6.92. The maximum absolute atomic E-state index is 5.80. The number of aromatic nitrogens is 1. The first-order chi connectivity index (χ1) is 12.2. The third-order valence-electron chi connectivity index (χ3n) is 4.65. The van der Waals surface area contributed by atoms with Crippen LogP contribution in [0.3, 0.4) is 0 Å². The van der Waals surface area contributed by atoms with E-state index in [1.54, 1.807) is 0 Å². The fourth-order valence-corrected chi connectivity index (χ4v) is 3.37. The molecule has 0 aliphatic carbocycles. The Labute approximate surface area is 180 Å². The smallest absolute Gasteiger partial charge is 0.190 e. The molecular weight excluding hydrogens is 461 g/mol. The molecule has 0 bridgehead atoms. The van der Waals surface area contributed by atoms with Crippen molar-refractivity contribution >= 4 is 41.5 Å². The van der Waals surface area contributed by atoms with Gasteiger partial charge < -0.3 is 15.5 Å². The van der Waals surface area contributed by atoms with E-state index in [0.29, 0.717) is 5.15 Å². The molecule has 0 aromatic carbocycles. The van der Waals surface area contributed by atoms with E-state index in [2.05, 4.69) is 32.4 Å². The monoisotopic (exact) mass is 493 g/mol. The molecule has 1 fully saturated rings. The summed E-state index contributed by atoms with van der Waals surface area (Å²) < 4.78 is 0. The SMILES string of the molecule is CN=C(NCCCCN1CCCC(C)C1)NCCc1ccc(Cl)nc1.I. The van der Waals surface area contributed by atoms with E-state index < -0.39 is 0 Å². The average molecular weight is 494 g/mol. The van der Waals surface area contributed by atoms with Crippen LogP contribution in [0.25, 0.3) is 0 Å². The van der Waals surface area contributed by atoms with Crippen molar-refractivity contribution in [2.75, 3.05) is 39.8 Å². The second-order valence-corrected chi connectivity index (χ2v) is 7.31. The lowest BCUT2D eigenvalue weighted by Gasteiger charge is -2.30. The first kappa shape index (κ1) is 23.4. The molecule has 0 spiro atoms. The van der Waals surface area contributed by atoms with Crippen LogP contribution in [0.1, 0.15) is 38.2 Å². The average Bonchev–Trinajstić information content (AvgIpc) is 2.61. The molecule has 7 heteroatoms. The Hall–Kier alpha value is -0.600. The van der Waals surface area contributed by atoms with Crippen LogP contribution in [0.4, 0.5) is 0 Å². The van der Waals surface area contributed by atoms with E-state index in [0.717, 1.165) is 31.4 Å². The highest BCUT2D eigenvalue weighted by Gasteiger charge is 2.15. The number of halogens is 2. The lowest BCUT2D eigenvalue weighted by Crippen LogP contribution is -2.39. The molecule has 1 atom stereocenters. The highest BCUT2D eigenvalue weighted by atomic mass is 127. The summed E-state index contributed by atoms with van der Waals surface area (Å²) in [5, 5.41) is 7.28. The minimum atomic E-state index is 0. The largest absolute Gasteiger partial charge is 0.356 e. The maximum Gasteiger partial charge on any atom is 0.190 e. The van der Waals surface area contributed by atoms with Gasteiger partial charge in [-0.05, 0) is 62.7 Å². The molecule has 1 unspecified atom stereocenters. The number of nitrogens with one attached hydrogen (secondary N) is 2. The molecule has 1 aliphatic heterocycles. The Morgan fingerprint density at radius 2 is 2.12 bits per heavy atom. The van der Waals surface area contributed by atoms with Gasteiger partial charge in [0.05, 0.1) is 0 Å². The highest BCUT2D eigenvalue weighted by Crippen LogP contribution is 2.15. The molecule has 0 saturated carbocycles. The standard InChI is InChI=1S/C19H32ClN5.HI/c1-16-6-5-13-25(15-16)12-4-3-10-22-19(21-2)23-11-9-17-7-8-18(20)24-14-17;/h7-8,14,16H,3-6,9-13,15H2,1-2H3,(H2,21,22,23);1H. The predicted octanol–water partition coefficient (Wildman–Crippen LogP) is 3.57. The number of hydrogen-bond donors (Lipinski definition) is 2. The number of hydrogen-bond acceptors (Lipinski definition) is 3. The Morgan fingerprint density at radius 1 is 1.31 bits per heavy atom. The van der Waals surface area contributed by atoms with Crippen LogP contribution >= 0.6 is 35.6 Å². The van der Waals surface area contributed by atoms with Crippen LogP contribution in [0.15, 0.2) is 23.3 Å². The molecule has 0 amide bonds. The highest BCUT2D eigenvalue weighted by molar-refractivity contribution is 14.0. The minimum absolute atomic E-state index is 0. The zero-order valence-corrected chi connectivity index (χ0v) is 19.1. The summed E-state index contributed by atoms with van der Waals surface area (Å²) in [6.07, 6.45) is 7.89. The van der Waals surface area contributed by atoms with Crippen molar-refractivity contribution in [2.24, 2.45) is 10.9 Å². The van der Waals surface area contributed by atoms with Crippen molar-refractivity contribution < 1.29 is 0 Å². The van der Waals surface area contributed by atoms with Gasteiger partial charge in [0.25, 0.3) is 0 Å². The molecule has 5 nitrogen and oxygen atoms in total. The van der Waals surface area contributed by atoms with E-state index in [4.69, 9.17) is 11.6 Å². The predicted molar refractivity (Wildman–Crippen MR) is 122 cm³/mol. The van der Waals surface area contributed by atoms with Gasteiger partial charge in [-0.15, -0.1) is 24.0 Å². The van der Waals surface area contributed by atoms with Crippen LogP contribution in [-0.2, 0) is 6.42 Å². The molecule has 1 aliphatic rings. The van der Waals surface area contributed by atoms with Gasteiger partial charge >= 0.3 is 0 Å². The fraction of sp³-hybridized carbons (Fsp3) is 0.684. The number of unbranched alkanes of at least 4 members (excludes halogenated alkanes) is 1. The van der Waals surface area contributed by atoms with Crippen molar-refractivity contribution in [3.8, 4) is 0 Å². The molecular formula is C19H33ClIN5. The van der Waals surface area contributed by atoms with Crippen molar-refractivity contribution in [3.63, 3.8) is 0 Å². The third kappa shape index (κ3) is 9.37. The van der Waals surface area contributed by atoms with Gasteiger partial charge in [0.1, 0.15) is 5.15 Å². The molecule has 2 heterocycles. The second kappa shape index (κ2) is 13.6. The molecule has 2 rings (SSSR count). The van der Waals surface area contributed by atoms with E-state index in [1.165, 1.54) is 50.9 Å². The summed E-state index contributed by atoms with van der Waals surface area (Å²) in [5.41, 5.74) is 1.17. The van der Waals surface area contributed by atoms with Crippen LogP contribution < -0.4 is 10.6 Å². The van der Waals surface area contributed by atoms with Gasteiger partial charge in [-0.25, -0.2) is 4.98 Å². The lowest BCUT2D eigenvalue weighted by atomic mass is 10.0. The van der Waals surface area contributed by atoms with Crippen LogP contribution in [-0.4, -0.2) is 55.6 Å². The fourth-order valence-electron chi connectivity index (χ4n) is 3.26. The summed E-state index contributed by atoms with van der Waals surface area (Å²) in [5.74, 6) is 1.74. The first-order valence-electron chi connectivity index (χ1n) is 9.44. The lowest BCUT2D eigenvalue weighted by molar-refractivity contribution is 0.181. The summed E-state index contributed by atoms with van der Waals surface area (Å²) in [6.45, 7) is 7.93. The van der Waals surface area contributed by atoms with Crippen LogP contribution in [0.5, 0.6) is 0 Å². The van der Waals surface area contributed by atoms with Crippen molar-refractivity contribution in [2.45, 2.75) is 39.0 Å². The number of pyridine rings is 1. The summed E-state index contributed by atoms with van der Waals surface area (Å²) in [4.78, 5) is 11.0. The molecule has 0 radical (unpaired) electrons. The molecule has 2 N–H and O–H groups in total. The van der Waals surface area contributed by atoms with Crippen LogP contribution in [0, 0.1) is 5.92 Å².